The maximum Gasteiger partial charge on any atom is 0.180 e. The summed E-state index contributed by atoms with van der Waals surface area (Å²) in [6, 6.07) is 0.681. The van der Waals surface area contributed by atoms with Gasteiger partial charge in [0.15, 0.2) is 6.39 Å². The maximum atomic E-state index is 5.15. The molecule has 0 saturated heterocycles. The third kappa shape index (κ3) is 2.31. The SMILES string of the molecule is CC1CCC(NCc2cnco2)C1. The van der Waals surface area contributed by atoms with Crippen molar-refractivity contribution in [3.63, 3.8) is 0 Å². The molecule has 3 heteroatoms. The average molecular weight is 180 g/mol. The Labute approximate surface area is 78.5 Å². The Balaban J connectivity index is 1.74. The van der Waals surface area contributed by atoms with Crippen LogP contribution in [0, 0.1) is 5.92 Å². The summed E-state index contributed by atoms with van der Waals surface area (Å²) in [5.74, 6) is 1.81. The fourth-order valence-corrected chi connectivity index (χ4v) is 1.97. The van der Waals surface area contributed by atoms with E-state index in [4.69, 9.17) is 4.42 Å². The van der Waals surface area contributed by atoms with E-state index < -0.39 is 0 Å². The van der Waals surface area contributed by atoms with Crippen molar-refractivity contribution in [1.82, 2.24) is 10.3 Å². The molecule has 1 heterocycles. The number of hydrogen-bond acceptors (Lipinski definition) is 3. The van der Waals surface area contributed by atoms with E-state index >= 15 is 0 Å². The number of rotatable bonds is 3. The average Bonchev–Trinajstić information content (AvgIpc) is 2.71. The van der Waals surface area contributed by atoms with Crippen LogP contribution in [-0.2, 0) is 6.54 Å². The number of nitrogens with one attached hydrogen (secondary N) is 1. The molecule has 0 aromatic carbocycles. The molecule has 1 aliphatic carbocycles. The van der Waals surface area contributed by atoms with Gasteiger partial charge in [0.1, 0.15) is 5.76 Å². The summed E-state index contributed by atoms with van der Waals surface area (Å²) in [5, 5.41) is 3.48. The number of oxazole rings is 1. The summed E-state index contributed by atoms with van der Waals surface area (Å²) in [6.45, 7) is 3.13. The number of hydrogen-bond donors (Lipinski definition) is 1. The third-order valence-electron chi connectivity index (χ3n) is 2.74. The molecular formula is C10H16N2O. The van der Waals surface area contributed by atoms with Crippen LogP contribution in [0.5, 0.6) is 0 Å². The van der Waals surface area contributed by atoms with Gasteiger partial charge in [-0.05, 0) is 25.2 Å². The Morgan fingerprint density at radius 1 is 1.62 bits per heavy atom. The zero-order chi connectivity index (χ0) is 9.10. The molecule has 2 atom stereocenters. The standard InChI is InChI=1S/C10H16N2O/c1-8-2-3-9(4-8)12-6-10-5-11-7-13-10/h5,7-9,12H,2-4,6H2,1H3. The molecule has 3 nitrogen and oxygen atoms in total. The highest BCUT2D eigenvalue weighted by atomic mass is 16.3. The molecule has 0 amide bonds. The van der Waals surface area contributed by atoms with Crippen molar-refractivity contribution in [2.24, 2.45) is 5.92 Å². The summed E-state index contributed by atoms with van der Waals surface area (Å²) in [5.41, 5.74) is 0. The van der Waals surface area contributed by atoms with Gasteiger partial charge in [-0.3, -0.25) is 0 Å². The van der Waals surface area contributed by atoms with Crippen LogP contribution >= 0.6 is 0 Å². The highest BCUT2D eigenvalue weighted by Crippen LogP contribution is 2.24. The fourth-order valence-electron chi connectivity index (χ4n) is 1.97. The molecule has 0 spiro atoms. The Morgan fingerprint density at radius 2 is 2.54 bits per heavy atom. The van der Waals surface area contributed by atoms with Gasteiger partial charge in [0.2, 0.25) is 0 Å². The summed E-state index contributed by atoms with van der Waals surface area (Å²) >= 11 is 0. The molecule has 2 unspecified atom stereocenters. The van der Waals surface area contributed by atoms with E-state index in [1.807, 2.05) is 0 Å². The van der Waals surface area contributed by atoms with E-state index in [1.54, 1.807) is 6.20 Å². The van der Waals surface area contributed by atoms with Crippen LogP contribution in [0.25, 0.3) is 0 Å². The molecule has 1 saturated carbocycles. The van der Waals surface area contributed by atoms with Crippen LogP contribution in [0.3, 0.4) is 0 Å². The largest absolute Gasteiger partial charge is 0.447 e. The molecule has 1 aromatic rings. The highest BCUT2D eigenvalue weighted by molar-refractivity contribution is 4.89. The van der Waals surface area contributed by atoms with Crippen molar-refractivity contribution in [2.45, 2.75) is 38.8 Å². The highest BCUT2D eigenvalue weighted by Gasteiger charge is 2.20. The molecule has 2 rings (SSSR count). The van der Waals surface area contributed by atoms with Gasteiger partial charge in [0.25, 0.3) is 0 Å². The number of nitrogens with zero attached hydrogens (tertiary/aromatic N) is 1. The Bertz CT molecular complexity index is 245. The summed E-state index contributed by atoms with van der Waals surface area (Å²) in [7, 11) is 0. The van der Waals surface area contributed by atoms with Gasteiger partial charge in [0.05, 0.1) is 12.7 Å². The first kappa shape index (κ1) is 8.75. The van der Waals surface area contributed by atoms with Crippen molar-refractivity contribution >= 4 is 0 Å². The van der Waals surface area contributed by atoms with Crippen molar-refractivity contribution in [3.8, 4) is 0 Å². The molecular weight excluding hydrogens is 164 g/mol. The van der Waals surface area contributed by atoms with Crippen molar-refractivity contribution in [3.05, 3.63) is 18.4 Å². The Morgan fingerprint density at radius 3 is 3.15 bits per heavy atom. The minimum absolute atomic E-state index is 0.681. The zero-order valence-corrected chi connectivity index (χ0v) is 7.99. The maximum absolute atomic E-state index is 5.15. The second kappa shape index (κ2) is 3.92. The lowest BCUT2D eigenvalue weighted by Crippen LogP contribution is -2.25. The van der Waals surface area contributed by atoms with E-state index in [0.29, 0.717) is 6.04 Å². The minimum Gasteiger partial charge on any atom is -0.447 e. The molecule has 0 bridgehead atoms. The first-order valence-corrected chi connectivity index (χ1v) is 4.95. The first-order valence-electron chi connectivity index (χ1n) is 4.95. The molecule has 0 aliphatic heterocycles. The normalized spacial score (nSPS) is 28.1. The molecule has 72 valence electrons. The van der Waals surface area contributed by atoms with Gasteiger partial charge in [0, 0.05) is 6.04 Å². The van der Waals surface area contributed by atoms with E-state index in [2.05, 4.69) is 17.2 Å². The van der Waals surface area contributed by atoms with Gasteiger partial charge >= 0.3 is 0 Å². The van der Waals surface area contributed by atoms with Crippen LogP contribution in [0.4, 0.5) is 0 Å². The van der Waals surface area contributed by atoms with Crippen molar-refractivity contribution < 1.29 is 4.42 Å². The quantitative estimate of drug-likeness (QED) is 0.772. The van der Waals surface area contributed by atoms with E-state index in [9.17, 15) is 0 Å². The van der Waals surface area contributed by atoms with Gasteiger partial charge in [-0.25, -0.2) is 4.98 Å². The first-order chi connectivity index (χ1) is 6.34. The molecule has 1 N–H and O–H groups in total. The fraction of sp³-hybridized carbons (Fsp3) is 0.700. The predicted octanol–water partition coefficient (Wildman–Crippen LogP) is 1.95. The molecule has 13 heavy (non-hydrogen) atoms. The lowest BCUT2D eigenvalue weighted by Gasteiger charge is -2.09. The molecule has 1 fully saturated rings. The molecule has 1 aliphatic rings. The van der Waals surface area contributed by atoms with Crippen molar-refractivity contribution in [1.29, 1.82) is 0 Å². The van der Waals surface area contributed by atoms with E-state index in [0.717, 1.165) is 18.2 Å². The van der Waals surface area contributed by atoms with Gasteiger partial charge in [-0.2, -0.15) is 0 Å². The van der Waals surface area contributed by atoms with E-state index in [1.165, 1.54) is 25.7 Å². The van der Waals surface area contributed by atoms with Crippen LogP contribution < -0.4 is 5.32 Å². The molecule has 1 aromatic heterocycles. The van der Waals surface area contributed by atoms with E-state index in [-0.39, 0.29) is 0 Å². The Kier molecular flexibility index (Phi) is 2.64. The topological polar surface area (TPSA) is 38.1 Å². The lowest BCUT2D eigenvalue weighted by molar-refractivity contribution is 0.438. The number of aromatic nitrogens is 1. The smallest absolute Gasteiger partial charge is 0.180 e. The second-order valence-corrected chi connectivity index (χ2v) is 3.96. The summed E-state index contributed by atoms with van der Waals surface area (Å²) in [6.07, 6.45) is 7.21. The minimum atomic E-state index is 0.681. The monoisotopic (exact) mass is 180 g/mol. The zero-order valence-electron chi connectivity index (χ0n) is 7.99. The molecule has 0 radical (unpaired) electrons. The van der Waals surface area contributed by atoms with Crippen LogP contribution in [0.15, 0.2) is 17.0 Å². The van der Waals surface area contributed by atoms with Crippen molar-refractivity contribution in [2.75, 3.05) is 0 Å². The Hall–Kier alpha value is -0.830. The van der Waals surface area contributed by atoms with Gasteiger partial charge in [-0.1, -0.05) is 6.92 Å². The van der Waals surface area contributed by atoms with Gasteiger partial charge < -0.3 is 9.73 Å². The second-order valence-electron chi connectivity index (χ2n) is 3.96. The van der Waals surface area contributed by atoms with Crippen LogP contribution in [0.1, 0.15) is 31.9 Å². The predicted molar refractivity (Wildman–Crippen MR) is 50.1 cm³/mol. The third-order valence-corrected chi connectivity index (χ3v) is 2.74. The summed E-state index contributed by atoms with van der Waals surface area (Å²) < 4.78 is 5.15. The summed E-state index contributed by atoms with van der Waals surface area (Å²) in [4.78, 5) is 3.88. The van der Waals surface area contributed by atoms with Gasteiger partial charge in [-0.15, -0.1) is 0 Å². The lowest BCUT2D eigenvalue weighted by atomic mass is 10.1. The van der Waals surface area contributed by atoms with Crippen LogP contribution in [0.2, 0.25) is 0 Å². The van der Waals surface area contributed by atoms with Crippen LogP contribution in [-0.4, -0.2) is 11.0 Å².